The summed E-state index contributed by atoms with van der Waals surface area (Å²) < 4.78 is 1.92. The van der Waals surface area contributed by atoms with Crippen molar-refractivity contribution in [3.8, 4) is 0 Å². The molecule has 0 spiro atoms. The number of hydrogen-bond acceptors (Lipinski definition) is 2. The van der Waals surface area contributed by atoms with Gasteiger partial charge in [0, 0.05) is 6.54 Å². The summed E-state index contributed by atoms with van der Waals surface area (Å²) in [6.07, 6.45) is 8.51. The van der Waals surface area contributed by atoms with E-state index in [0.717, 1.165) is 12.5 Å². The smallest absolute Gasteiger partial charge is 0.224 e. The van der Waals surface area contributed by atoms with Crippen LogP contribution >= 0.6 is 11.6 Å². The number of aromatic nitrogens is 3. The Bertz CT molecular complexity index is 266. The van der Waals surface area contributed by atoms with Crippen LogP contribution in [0.25, 0.3) is 0 Å². The number of halogens is 1. The van der Waals surface area contributed by atoms with Crippen LogP contribution in [0.4, 0.5) is 0 Å². The zero-order chi connectivity index (χ0) is 9.10. The molecule has 0 aliphatic heterocycles. The monoisotopic (exact) mass is 199 g/mol. The first kappa shape index (κ1) is 9.00. The first-order valence-corrected chi connectivity index (χ1v) is 5.27. The summed E-state index contributed by atoms with van der Waals surface area (Å²) in [7, 11) is 0. The summed E-state index contributed by atoms with van der Waals surface area (Å²) in [5, 5.41) is 8.00. The topological polar surface area (TPSA) is 30.7 Å². The van der Waals surface area contributed by atoms with Crippen LogP contribution in [0, 0.1) is 5.92 Å². The highest BCUT2D eigenvalue weighted by Crippen LogP contribution is 2.28. The Morgan fingerprint density at radius 2 is 2.23 bits per heavy atom. The second-order valence-corrected chi connectivity index (χ2v) is 4.07. The van der Waals surface area contributed by atoms with Crippen LogP contribution in [0.1, 0.15) is 32.1 Å². The van der Waals surface area contributed by atoms with Crippen LogP contribution in [0.5, 0.6) is 0 Å². The highest BCUT2D eigenvalue weighted by atomic mass is 35.5. The van der Waals surface area contributed by atoms with Crippen LogP contribution in [0.15, 0.2) is 6.33 Å². The number of hydrogen-bond donors (Lipinski definition) is 0. The van der Waals surface area contributed by atoms with Gasteiger partial charge in [-0.25, -0.2) is 0 Å². The third-order valence-corrected chi connectivity index (χ3v) is 3.11. The van der Waals surface area contributed by atoms with Crippen molar-refractivity contribution in [1.29, 1.82) is 0 Å². The molecule has 1 aromatic heterocycles. The number of nitrogens with zero attached hydrogens (tertiary/aromatic N) is 3. The Balaban J connectivity index is 1.82. The van der Waals surface area contributed by atoms with E-state index in [2.05, 4.69) is 10.2 Å². The third kappa shape index (κ3) is 2.21. The maximum absolute atomic E-state index is 5.81. The van der Waals surface area contributed by atoms with E-state index in [4.69, 9.17) is 11.6 Å². The number of aryl methyl sites for hydroxylation is 1. The fourth-order valence-corrected chi connectivity index (χ4v) is 2.18. The van der Waals surface area contributed by atoms with Gasteiger partial charge in [0.15, 0.2) is 0 Å². The van der Waals surface area contributed by atoms with E-state index in [9.17, 15) is 0 Å². The fraction of sp³-hybridized carbons (Fsp3) is 0.778. The minimum absolute atomic E-state index is 0.512. The molecule has 72 valence electrons. The van der Waals surface area contributed by atoms with Gasteiger partial charge in [0.2, 0.25) is 5.28 Å². The van der Waals surface area contributed by atoms with E-state index in [-0.39, 0.29) is 0 Å². The standard InChI is InChI=1S/C9H14ClN3/c10-9-12-11-7-13(9)6-5-8-3-1-2-4-8/h7-8H,1-6H2. The van der Waals surface area contributed by atoms with Gasteiger partial charge in [-0.2, -0.15) is 0 Å². The minimum Gasteiger partial charge on any atom is -0.304 e. The van der Waals surface area contributed by atoms with Gasteiger partial charge in [0.1, 0.15) is 6.33 Å². The minimum atomic E-state index is 0.512. The van der Waals surface area contributed by atoms with Gasteiger partial charge in [0.05, 0.1) is 0 Å². The van der Waals surface area contributed by atoms with Crippen molar-refractivity contribution in [2.75, 3.05) is 0 Å². The molecule has 0 amide bonds. The van der Waals surface area contributed by atoms with E-state index in [1.165, 1.54) is 32.1 Å². The lowest BCUT2D eigenvalue weighted by Crippen LogP contribution is -2.02. The van der Waals surface area contributed by atoms with E-state index >= 15 is 0 Å². The molecule has 3 nitrogen and oxygen atoms in total. The fourth-order valence-electron chi connectivity index (χ4n) is 2.01. The second kappa shape index (κ2) is 4.09. The Kier molecular flexibility index (Phi) is 2.83. The van der Waals surface area contributed by atoms with Crippen LogP contribution in [-0.2, 0) is 6.54 Å². The van der Waals surface area contributed by atoms with Gasteiger partial charge >= 0.3 is 0 Å². The molecule has 0 atom stereocenters. The Morgan fingerprint density at radius 1 is 1.46 bits per heavy atom. The molecule has 0 saturated heterocycles. The summed E-state index contributed by atoms with van der Waals surface area (Å²) in [6.45, 7) is 0.969. The molecule has 0 unspecified atom stereocenters. The first-order valence-electron chi connectivity index (χ1n) is 4.89. The molecule has 13 heavy (non-hydrogen) atoms. The summed E-state index contributed by atoms with van der Waals surface area (Å²) in [5.74, 6) is 0.901. The predicted octanol–water partition coefficient (Wildman–Crippen LogP) is 2.51. The largest absolute Gasteiger partial charge is 0.304 e. The molecule has 1 aliphatic rings. The Labute approximate surface area is 83.1 Å². The molecule has 0 N–H and O–H groups in total. The molecule has 1 fully saturated rings. The molecule has 1 saturated carbocycles. The van der Waals surface area contributed by atoms with Crippen molar-refractivity contribution in [2.24, 2.45) is 5.92 Å². The third-order valence-electron chi connectivity index (χ3n) is 2.82. The van der Waals surface area contributed by atoms with Crippen molar-refractivity contribution >= 4 is 11.6 Å². The average molecular weight is 200 g/mol. The molecule has 0 radical (unpaired) electrons. The predicted molar refractivity (Wildman–Crippen MR) is 51.6 cm³/mol. The maximum Gasteiger partial charge on any atom is 0.224 e. The molecular formula is C9H14ClN3. The Morgan fingerprint density at radius 3 is 2.85 bits per heavy atom. The molecule has 4 heteroatoms. The second-order valence-electron chi connectivity index (χ2n) is 3.73. The molecule has 1 aromatic rings. The summed E-state index contributed by atoms with van der Waals surface area (Å²) in [4.78, 5) is 0. The molecular weight excluding hydrogens is 186 g/mol. The average Bonchev–Trinajstić information content (AvgIpc) is 2.72. The van der Waals surface area contributed by atoms with E-state index in [1.54, 1.807) is 6.33 Å². The molecule has 1 aliphatic carbocycles. The van der Waals surface area contributed by atoms with Crippen molar-refractivity contribution in [3.63, 3.8) is 0 Å². The quantitative estimate of drug-likeness (QED) is 0.749. The zero-order valence-electron chi connectivity index (χ0n) is 7.62. The maximum atomic E-state index is 5.81. The van der Waals surface area contributed by atoms with Crippen molar-refractivity contribution in [1.82, 2.24) is 14.8 Å². The van der Waals surface area contributed by atoms with Crippen LogP contribution in [-0.4, -0.2) is 14.8 Å². The van der Waals surface area contributed by atoms with Crippen molar-refractivity contribution < 1.29 is 0 Å². The first-order chi connectivity index (χ1) is 6.36. The SMILES string of the molecule is Clc1nncn1CCC1CCCC1. The molecule has 2 rings (SSSR count). The van der Waals surface area contributed by atoms with Gasteiger partial charge in [-0.05, 0) is 23.9 Å². The lowest BCUT2D eigenvalue weighted by Gasteiger charge is -2.08. The highest BCUT2D eigenvalue weighted by Gasteiger charge is 2.14. The van der Waals surface area contributed by atoms with E-state index in [0.29, 0.717) is 5.28 Å². The lowest BCUT2D eigenvalue weighted by atomic mass is 10.0. The van der Waals surface area contributed by atoms with Crippen molar-refractivity contribution in [3.05, 3.63) is 11.6 Å². The highest BCUT2D eigenvalue weighted by molar-refractivity contribution is 6.28. The van der Waals surface area contributed by atoms with E-state index < -0.39 is 0 Å². The summed E-state index contributed by atoms with van der Waals surface area (Å²) in [5.41, 5.74) is 0. The molecule has 0 aromatic carbocycles. The zero-order valence-corrected chi connectivity index (χ0v) is 8.37. The van der Waals surface area contributed by atoms with Gasteiger partial charge in [0.25, 0.3) is 0 Å². The Hall–Kier alpha value is -0.570. The molecule has 0 bridgehead atoms. The molecule has 1 heterocycles. The van der Waals surface area contributed by atoms with Gasteiger partial charge in [-0.3, -0.25) is 0 Å². The van der Waals surface area contributed by atoms with Crippen LogP contribution < -0.4 is 0 Å². The summed E-state index contributed by atoms with van der Waals surface area (Å²) >= 11 is 5.81. The van der Waals surface area contributed by atoms with Gasteiger partial charge < -0.3 is 4.57 Å². The summed E-state index contributed by atoms with van der Waals surface area (Å²) in [6, 6.07) is 0. The van der Waals surface area contributed by atoms with Crippen LogP contribution in [0.3, 0.4) is 0 Å². The van der Waals surface area contributed by atoms with Gasteiger partial charge in [-0.1, -0.05) is 25.7 Å². The number of rotatable bonds is 3. The normalized spacial score (nSPS) is 18.2. The lowest BCUT2D eigenvalue weighted by molar-refractivity contribution is 0.458. The van der Waals surface area contributed by atoms with E-state index in [1.807, 2.05) is 4.57 Å². The van der Waals surface area contributed by atoms with Gasteiger partial charge in [-0.15, -0.1) is 10.2 Å². The van der Waals surface area contributed by atoms with Crippen LogP contribution in [0.2, 0.25) is 5.28 Å². The van der Waals surface area contributed by atoms with Crippen molar-refractivity contribution in [2.45, 2.75) is 38.6 Å².